The van der Waals surface area contributed by atoms with Gasteiger partial charge in [-0.15, -0.1) is 0 Å². The van der Waals surface area contributed by atoms with E-state index in [9.17, 15) is 0 Å². The van der Waals surface area contributed by atoms with Gasteiger partial charge in [-0.1, -0.05) is 42.5 Å². The van der Waals surface area contributed by atoms with E-state index in [1.54, 1.807) is 16.7 Å². The summed E-state index contributed by atoms with van der Waals surface area (Å²) in [5.74, 6) is 0.971. The lowest BCUT2D eigenvalue weighted by Gasteiger charge is -2.51. The van der Waals surface area contributed by atoms with Crippen molar-refractivity contribution in [2.45, 2.75) is 31.7 Å². The molecule has 2 atom stereocenters. The first-order valence-electron chi connectivity index (χ1n) is 9.87. The van der Waals surface area contributed by atoms with Gasteiger partial charge in [0.05, 0.1) is 25.3 Å². The average Bonchev–Trinajstić information content (AvgIpc) is 3.38. The second-order valence-corrected chi connectivity index (χ2v) is 8.46. The molecular formula is C23H25BrN2. The summed E-state index contributed by atoms with van der Waals surface area (Å²) in [5, 5.41) is 1.45. The average molecular weight is 409 g/mol. The van der Waals surface area contributed by atoms with Crippen LogP contribution in [0, 0.1) is 5.92 Å². The van der Waals surface area contributed by atoms with Crippen LogP contribution >= 0.6 is 0 Å². The van der Waals surface area contributed by atoms with Crippen LogP contribution in [0.25, 0.3) is 10.9 Å². The molecule has 6 rings (SSSR count). The molecule has 1 aliphatic carbocycles. The molecule has 0 radical (unpaired) electrons. The van der Waals surface area contributed by atoms with Gasteiger partial charge in [0.2, 0.25) is 0 Å². The number of halogens is 1. The normalized spacial score (nSPS) is 26.5. The third-order valence-electron chi connectivity index (χ3n) is 6.97. The first-order valence-corrected chi connectivity index (χ1v) is 9.87. The molecule has 3 aromatic rings. The Hall–Kier alpha value is -1.58. The summed E-state index contributed by atoms with van der Waals surface area (Å²) in [6, 6.07) is 18.6. The lowest BCUT2D eigenvalue weighted by atomic mass is 9.82. The molecule has 2 nitrogen and oxygen atoms in total. The fraction of sp³-hybridized carbons (Fsp3) is 0.391. The maximum absolute atomic E-state index is 3.86. The maximum Gasteiger partial charge on any atom is 0.156 e. The molecule has 3 heterocycles. The number of rotatable bonds is 2. The van der Waals surface area contributed by atoms with Crippen molar-refractivity contribution >= 4 is 10.9 Å². The minimum atomic E-state index is 0. The van der Waals surface area contributed by atoms with E-state index < -0.39 is 0 Å². The Morgan fingerprint density at radius 1 is 0.923 bits per heavy atom. The van der Waals surface area contributed by atoms with Crippen molar-refractivity contribution < 1.29 is 21.5 Å². The first kappa shape index (κ1) is 16.6. The Morgan fingerprint density at radius 3 is 2.58 bits per heavy atom. The minimum absolute atomic E-state index is 0. The van der Waals surface area contributed by atoms with Gasteiger partial charge in [0, 0.05) is 35.2 Å². The SMILES string of the molecule is [Br-].c1ccc2c(c1)CC[N+]1(CC3CC3)CCc3c([nH]c4ccccc34)C21. The van der Waals surface area contributed by atoms with Crippen LogP contribution in [0.5, 0.6) is 0 Å². The number of hydrogen-bond acceptors (Lipinski definition) is 0. The number of H-pyrrole nitrogens is 1. The Morgan fingerprint density at radius 2 is 1.69 bits per heavy atom. The van der Waals surface area contributed by atoms with Gasteiger partial charge >= 0.3 is 0 Å². The van der Waals surface area contributed by atoms with E-state index in [4.69, 9.17) is 0 Å². The van der Waals surface area contributed by atoms with Gasteiger partial charge in [-0.25, -0.2) is 0 Å². The summed E-state index contributed by atoms with van der Waals surface area (Å²) in [5.41, 5.74) is 7.58. The zero-order chi connectivity index (χ0) is 16.4. The fourth-order valence-electron chi connectivity index (χ4n) is 5.63. The van der Waals surface area contributed by atoms with E-state index in [0.717, 1.165) is 5.92 Å². The van der Waals surface area contributed by atoms with Gasteiger partial charge in [-0.05, 0) is 30.0 Å². The minimum Gasteiger partial charge on any atom is -1.00 e. The molecule has 3 aliphatic rings. The third kappa shape index (κ3) is 2.33. The number of benzene rings is 2. The van der Waals surface area contributed by atoms with Crippen LogP contribution < -0.4 is 17.0 Å². The predicted molar refractivity (Wildman–Crippen MR) is 102 cm³/mol. The van der Waals surface area contributed by atoms with Gasteiger partial charge in [-0.2, -0.15) is 0 Å². The zero-order valence-electron chi connectivity index (χ0n) is 15.0. The third-order valence-corrected chi connectivity index (χ3v) is 6.97. The van der Waals surface area contributed by atoms with Gasteiger partial charge in [-0.3, -0.25) is 0 Å². The fourth-order valence-corrected chi connectivity index (χ4v) is 5.63. The van der Waals surface area contributed by atoms with Crippen molar-refractivity contribution in [3.8, 4) is 0 Å². The van der Waals surface area contributed by atoms with E-state index in [1.165, 1.54) is 66.4 Å². The van der Waals surface area contributed by atoms with Crippen LogP contribution in [0.1, 0.15) is 41.3 Å². The molecule has 2 aliphatic heterocycles. The molecule has 0 saturated heterocycles. The van der Waals surface area contributed by atoms with Gasteiger partial charge < -0.3 is 26.4 Å². The van der Waals surface area contributed by atoms with Gasteiger partial charge in [0.25, 0.3) is 0 Å². The molecule has 1 saturated carbocycles. The molecule has 1 aromatic heterocycles. The first-order chi connectivity index (χ1) is 12.3. The van der Waals surface area contributed by atoms with Crippen LogP contribution in [-0.2, 0) is 12.8 Å². The van der Waals surface area contributed by atoms with E-state index >= 15 is 0 Å². The number of hydrogen-bond donors (Lipinski definition) is 1. The molecule has 134 valence electrons. The van der Waals surface area contributed by atoms with E-state index in [2.05, 4.69) is 53.5 Å². The number of aromatic amines is 1. The summed E-state index contributed by atoms with van der Waals surface area (Å²) in [6.07, 6.45) is 5.38. The number of nitrogens with one attached hydrogen (secondary N) is 1. The molecule has 0 spiro atoms. The largest absolute Gasteiger partial charge is 1.00 e. The Labute approximate surface area is 165 Å². The summed E-state index contributed by atoms with van der Waals surface area (Å²) >= 11 is 0. The standard InChI is InChI=1S/C23H25N2.BrH/c1-2-6-18-17(5-1)11-13-25(15-16-9-10-16)14-12-20-19-7-3-4-8-21(19)24-22(20)23(18)25;/h1-8,16,23-24H,9-15H2;1H/q+1;/p-1. The van der Waals surface area contributed by atoms with Crippen molar-refractivity contribution in [3.63, 3.8) is 0 Å². The smallest absolute Gasteiger partial charge is 0.156 e. The Kier molecular flexibility index (Phi) is 3.81. The lowest BCUT2D eigenvalue weighted by molar-refractivity contribution is -0.957. The van der Waals surface area contributed by atoms with E-state index in [1.807, 2.05) is 0 Å². The van der Waals surface area contributed by atoms with Crippen LogP contribution in [0.15, 0.2) is 48.5 Å². The maximum atomic E-state index is 3.86. The molecule has 2 unspecified atom stereocenters. The van der Waals surface area contributed by atoms with Crippen molar-refractivity contribution in [1.82, 2.24) is 4.98 Å². The van der Waals surface area contributed by atoms with Crippen molar-refractivity contribution in [1.29, 1.82) is 0 Å². The molecular weight excluding hydrogens is 384 g/mol. The summed E-state index contributed by atoms with van der Waals surface area (Å²) in [6.45, 7) is 4.01. The van der Waals surface area contributed by atoms with Crippen molar-refractivity contribution in [2.24, 2.45) is 5.92 Å². The van der Waals surface area contributed by atoms with Crippen molar-refractivity contribution in [3.05, 3.63) is 70.9 Å². The van der Waals surface area contributed by atoms with Gasteiger partial charge in [0.1, 0.15) is 0 Å². The second kappa shape index (κ2) is 5.97. The summed E-state index contributed by atoms with van der Waals surface area (Å²) < 4.78 is 1.29. The zero-order valence-corrected chi connectivity index (χ0v) is 16.6. The molecule has 1 N–H and O–H groups in total. The van der Waals surface area contributed by atoms with Crippen LogP contribution in [0.3, 0.4) is 0 Å². The molecule has 3 heteroatoms. The lowest BCUT2D eigenvalue weighted by Crippen LogP contribution is -3.00. The van der Waals surface area contributed by atoms with Crippen LogP contribution in [-0.4, -0.2) is 29.1 Å². The highest BCUT2D eigenvalue weighted by Gasteiger charge is 2.50. The highest BCUT2D eigenvalue weighted by atomic mass is 79.9. The molecule has 26 heavy (non-hydrogen) atoms. The number of aromatic nitrogens is 1. The summed E-state index contributed by atoms with van der Waals surface area (Å²) in [4.78, 5) is 3.86. The van der Waals surface area contributed by atoms with Crippen LogP contribution in [0.4, 0.5) is 0 Å². The monoisotopic (exact) mass is 408 g/mol. The predicted octanol–water partition coefficient (Wildman–Crippen LogP) is 1.60. The Bertz CT molecular complexity index is 971. The highest BCUT2D eigenvalue weighted by Crippen LogP contribution is 2.49. The van der Waals surface area contributed by atoms with Crippen LogP contribution in [0.2, 0.25) is 0 Å². The molecule has 1 fully saturated rings. The highest BCUT2D eigenvalue weighted by molar-refractivity contribution is 5.85. The number of fused-ring (bicyclic) bond motifs is 7. The van der Waals surface area contributed by atoms with E-state index in [0.29, 0.717) is 6.04 Å². The molecule has 0 bridgehead atoms. The number of nitrogens with zero attached hydrogens (tertiary/aromatic N) is 1. The second-order valence-electron chi connectivity index (χ2n) is 8.46. The topological polar surface area (TPSA) is 15.8 Å². The van der Waals surface area contributed by atoms with E-state index in [-0.39, 0.29) is 17.0 Å². The Balaban J connectivity index is 0.00000150. The number of para-hydroxylation sites is 1. The quantitative estimate of drug-likeness (QED) is 0.619. The molecule has 2 aromatic carbocycles. The van der Waals surface area contributed by atoms with Gasteiger partial charge in [0.15, 0.2) is 6.04 Å². The molecule has 0 amide bonds. The van der Waals surface area contributed by atoms with Crippen molar-refractivity contribution in [2.75, 3.05) is 19.6 Å². The summed E-state index contributed by atoms with van der Waals surface area (Å²) in [7, 11) is 0. The number of quaternary nitrogens is 1.